The van der Waals surface area contributed by atoms with Crippen molar-refractivity contribution in [1.29, 1.82) is 0 Å². The number of carbonyl (C=O) groups is 1. The van der Waals surface area contributed by atoms with Crippen LogP contribution in [-0.4, -0.2) is 17.5 Å². The van der Waals surface area contributed by atoms with E-state index in [0.717, 1.165) is 13.0 Å². The molecular formula is C14H24N2OS. The summed E-state index contributed by atoms with van der Waals surface area (Å²) in [5.41, 5.74) is -0.175. The SMILES string of the molecule is CCc1ccc(CNC(C)C(=O)NC(C)(C)C)s1. The van der Waals surface area contributed by atoms with Crippen LogP contribution in [0.25, 0.3) is 0 Å². The third-order valence-electron chi connectivity index (χ3n) is 2.54. The van der Waals surface area contributed by atoms with Gasteiger partial charge in [-0.3, -0.25) is 4.79 Å². The molecule has 0 aliphatic rings. The molecule has 0 saturated heterocycles. The summed E-state index contributed by atoms with van der Waals surface area (Å²) in [6.45, 7) is 10.8. The monoisotopic (exact) mass is 268 g/mol. The minimum Gasteiger partial charge on any atom is -0.350 e. The van der Waals surface area contributed by atoms with Crippen LogP contribution >= 0.6 is 11.3 Å². The summed E-state index contributed by atoms with van der Waals surface area (Å²) < 4.78 is 0. The second-order valence-electron chi connectivity index (χ2n) is 5.56. The van der Waals surface area contributed by atoms with E-state index in [2.05, 4.69) is 29.7 Å². The number of nitrogens with one attached hydrogen (secondary N) is 2. The van der Waals surface area contributed by atoms with E-state index in [9.17, 15) is 4.79 Å². The van der Waals surface area contributed by atoms with Crippen molar-refractivity contribution in [2.24, 2.45) is 0 Å². The zero-order chi connectivity index (χ0) is 13.8. The van der Waals surface area contributed by atoms with E-state index in [0.29, 0.717) is 0 Å². The maximum absolute atomic E-state index is 11.9. The van der Waals surface area contributed by atoms with E-state index in [-0.39, 0.29) is 17.5 Å². The maximum atomic E-state index is 11.9. The van der Waals surface area contributed by atoms with Gasteiger partial charge in [-0.1, -0.05) is 6.92 Å². The van der Waals surface area contributed by atoms with Crippen molar-refractivity contribution in [3.05, 3.63) is 21.9 Å². The molecule has 0 fully saturated rings. The van der Waals surface area contributed by atoms with Crippen LogP contribution in [0.1, 0.15) is 44.4 Å². The third kappa shape index (κ3) is 5.19. The van der Waals surface area contributed by atoms with Gasteiger partial charge in [0.05, 0.1) is 6.04 Å². The fraction of sp³-hybridized carbons (Fsp3) is 0.643. The zero-order valence-corrected chi connectivity index (χ0v) is 12.8. The van der Waals surface area contributed by atoms with Crippen LogP contribution in [0.3, 0.4) is 0 Å². The first-order valence-corrected chi connectivity index (χ1v) is 7.26. The Kier molecular flexibility index (Phi) is 5.35. The van der Waals surface area contributed by atoms with E-state index in [1.165, 1.54) is 9.75 Å². The van der Waals surface area contributed by atoms with Crippen molar-refractivity contribution >= 4 is 17.2 Å². The molecular weight excluding hydrogens is 244 g/mol. The molecule has 1 amide bonds. The van der Waals surface area contributed by atoms with E-state index >= 15 is 0 Å². The molecule has 1 aromatic rings. The molecule has 4 heteroatoms. The molecule has 1 unspecified atom stereocenters. The van der Waals surface area contributed by atoms with Crippen molar-refractivity contribution in [2.45, 2.75) is 59.2 Å². The fourth-order valence-corrected chi connectivity index (χ4v) is 2.44. The highest BCUT2D eigenvalue weighted by molar-refractivity contribution is 7.11. The van der Waals surface area contributed by atoms with Crippen LogP contribution in [0.15, 0.2) is 12.1 Å². The molecule has 0 aromatic carbocycles. The van der Waals surface area contributed by atoms with Gasteiger partial charge >= 0.3 is 0 Å². The highest BCUT2D eigenvalue weighted by atomic mass is 32.1. The number of thiophene rings is 1. The average Bonchev–Trinajstić information content (AvgIpc) is 2.71. The molecule has 1 rings (SSSR count). The van der Waals surface area contributed by atoms with Crippen LogP contribution in [0.4, 0.5) is 0 Å². The number of hydrogen-bond acceptors (Lipinski definition) is 3. The molecule has 1 aromatic heterocycles. The van der Waals surface area contributed by atoms with Gasteiger partial charge in [0.25, 0.3) is 0 Å². The van der Waals surface area contributed by atoms with E-state index in [1.807, 2.05) is 27.7 Å². The predicted molar refractivity (Wildman–Crippen MR) is 77.9 cm³/mol. The van der Waals surface area contributed by atoms with Crippen molar-refractivity contribution in [3.8, 4) is 0 Å². The first-order valence-electron chi connectivity index (χ1n) is 6.45. The minimum atomic E-state index is -0.175. The fourth-order valence-electron chi connectivity index (χ4n) is 1.53. The van der Waals surface area contributed by atoms with Gasteiger partial charge < -0.3 is 10.6 Å². The summed E-state index contributed by atoms with van der Waals surface area (Å²) >= 11 is 1.81. The first kappa shape index (κ1) is 15.2. The Morgan fingerprint density at radius 1 is 1.33 bits per heavy atom. The van der Waals surface area contributed by atoms with Gasteiger partial charge in [-0.15, -0.1) is 11.3 Å². The predicted octanol–water partition coefficient (Wildman–Crippen LogP) is 2.70. The molecule has 0 saturated carbocycles. The Morgan fingerprint density at radius 3 is 2.44 bits per heavy atom. The Hall–Kier alpha value is -0.870. The lowest BCUT2D eigenvalue weighted by atomic mass is 10.1. The molecule has 102 valence electrons. The molecule has 0 spiro atoms. The molecule has 0 bridgehead atoms. The second kappa shape index (κ2) is 6.34. The zero-order valence-electron chi connectivity index (χ0n) is 12.0. The van der Waals surface area contributed by atoms with Crippen LogP contribution in [0, 0.1) is 0 Å². The average molecular weight is 268 g/mol. The number of aryl methyl sites for hydroxylation is 1. The van der Waals surface area contributed by atoms with Crippen LogP contribution in [0.5, 0.6) is 0 Å². The lowest BCUT2D eigenvalue weighted by Crippen LogP contribution is -2.49. The normalized spacial score (nSPS) is 13.4. The summed E-state index contributed by atoms with van der Waals surface area (Å²) in [5, 5.41) is 6.23. The topological polar surface area (TPSA) is 41.1 Å². The van der Waals surface area contributed by atoms with Crippen molar-refractivity contribution in [3.63, 3.8) is 0 Å². The molecule has 3 nitrogen and oxygen atoms in total. The summed E-state index contributed by atoms with van der Waals surface area (Å²) in [5.74, 6) is 0.0507. The number of amides is 1. The summed E-state index contributed by atoms with van der Waals surface area (Å²) in [6.07, 6.45) is 1.07. The largest absolute Gasteiger partial charge is 0.350 e. The standard InChI is InChI=1S/C14H24N2OS/c1-6-11-7-8-12(18-11)9-15-10(2)13(17)16-14(3,4)5/h7-8,10,15H,6,9H2,1-5H3,(H,16,17). The smallest absolute Gasteiger partial charge is 0.237 e. The highest BCUT2D eigenvalue weighted by Crippen LogP contribution is 2.16. The molecule has 2 N–H and O–H groups in total. The number of hydrogen-bond donors (Lipinski definition) is 2. The Bertz CT molecular complexity index is 393. The lowest BCUT2D eigenvalue weighted by molar-refractivity contribution is -0.124. The first-order chi connectivity index (χ1) is 8.31. The Labute approximate surface area is 114 Å². The van der Waals surface area contributed by atoms with Crippen LogP contribution in [-0.2, 0) is 17.8 Å². The van der Waals surface area contributed by atoms with Crippen molar-refractivity contribution in [2.75, 3.05) is 0 Å². The Morgan fingerprint density at radius 2 is 1.94 bits per heavy atom. The minimum absolute atomic E-state index is 0.0507. The van der Waals surface area contributed by atoms with E-state index in [1.54, 1.807) is 11.3 Å². The summed E-state index contributed by atoms with van der Waals surface area (Å²) in [7, 11) is 0. The maximum Gasteiger partial charge on any atom is 0.237 e. The molecule has 1 atom stereocenters. The second-order valence-corrected chi connectivity index (χ2v) is 6.82. The van der Waals surface area contributed by atoms with Crippen molar-refractivity contribution in [1.82, 2.24) is 10.6 Å². The van der Waals surface area contributed by atoms with Gasteiger partial charge in [-0.2, -0.15) is 0 Å². The van der Waals surface area contributed by atoms with E-state index in [4.69, 9.17) is 0 Å². The van der Waals surface area contributed by atoms with Crippen LogP contribution in [0.2, 0.25) is 0 Å². The summed E-state index contributed by atoms with van der Waals surface area (Å²) in [4.78, 5) is 14.5. The summed E-state index contributed by atoms with van der Waals surface area (Å²) in [6, 6.07) is 4.11. The van der Waals surface area contributed by atoms with Gasteiger partial charge in [0.15, 0.2) is 0 Å². The number of rotatable bonds is 5. The lowest BCUT2D eigenvalue weighted by Gasteiger charge is -2.23. The van der Waals surface area contributed by atoms with Gasteiger partial charge in [0.1, 0.15) is 0 Å². The third-order valence-corrected chi connectivity index (χ3v) is 3.77. The van der Waals surface area contributed by atoms with Gasteiger partial charge in [-0.25, -0.2) is 0 Å². The molecule has 18 heavy (non-hydrogen) atoms. The highest BCUT2D eigenvalue weighted by Gasteiger charge is 2.18. The van der Waals surface area contributed by atoms with Crippen LogP contribution < -0.4 is 10.6 Å². The molecule has 1 heterocycles. The number of carbonyl (C=O) groups excluding carboxylic acids is 1. The van der Waals surface area contributed by atoms with Crippen molar-refractivity contribution < 1.29 is 4.79 Å². The van der Waals surface area contributed by atoms with Gasteiger partial charge in [-0.05, 0) is 46.2 Å². The van der Waals surface area contributed by atoms with Gasteiger partial charge in [0.2, 0.25) is 5.91 Å². The molecule has 0 aliphatic heterocycles. The molecule has 0 aliphatic carbocycles. The van der Waals surface area contributed by atoms with E-state index < -0.39 is 0 Å². The quantitative estimate of drug-likeness (QED) is 0.862. The molecule has 0 radical (unpaired) electrons. The van der Waals surface area contributed by atoms with Gasteiger partial charge in [0, 0.05) is 21.8 Å². The Balaban J connectivity index is 2.41.